The zero-order valence-corrected chi connectivity index (χ0v) is 12.5. The Bertz CT molecular complexity index is 570. The highest BCUT2D eigenvalue weighted by molar-refractivity contribution is 8.13. The molecule has 100 valence electrons. The number of hydrogen-bond acceptors (Lipinski definition) is 3. The Morgan fingerprint density at radius 3 is 2.44 bits per heavy atom. The molecule has 0 fully saturated rings. The summed E-state index contributed by atoms with van der Waals surface area (Å²) in [7, 11) is 1.62. The van der Waals surface area contributed by atoms with Crippen molar-refractivity contribution in [1.29, 1.82) is 0 Å². The predicted octanol–water partition coefficient (Wildman–Crippen LogP) is 3.58. The highest BCUT2D eigenvalue weighted by Crippen LogP contribution is 2.31. The lowest BCUT2D eigenvalue weighted by Crippen LogP contribution is -2.03. The molecule has 0 radical (unpaired) electrons. The average molecular weight is 289 g/mol. The third-order valence-corrected chi connectivity index (χ3v) is 3.69. The second-order valence-electron chi connectivity index (χ2n) is 4.44. The van der Waals surface area contributed by atoms with Crippen LogP contribution in [0.2, 0.25) is 0 Å². The van der Waals surface area contributed by atoms with Gasteiger partial charge in [0.15, 0.2) is 0 Å². The van der Waals surface area contributed by atoms with E-state index >= 15 is 0 Å². The van der Waals surface area contributed by atoms with Crippen molar-refractivity contribution in [2.24, 2.45) is 0 Å². The van der Waals surface area contributed by atoms with E-state index in [1.54, 1.807) is 6.92 Å². The van der Waals surface area contributed by atoms with Crippen molar-refractivity contribution in [1.82, 2.24) is 0 Å². The van der Waals surface area contributed by atoms with E-state index in [4.69, 9.17) is 15.4 Å². The number of benzene rings is 1. The summed E-state index contributed by atoms with van der Waals surface area (Å²) in [6, 6.07) is 3.39. The van der Waals surface area contributed by atoms with Gasteiger partial charge < -0.3 is 4.74 Å². The van der Waals surface area contributed by atoms with Gasteiger partial charge in [-0.15, -0.1) is 0 Å². The molecular formula is C13H17ClO3S. The van der Waals surface area contributed by atoms with E-state index in [9.17, 15) is 8.42 Å². The molecular weight excluding hydrogens is 272 g/mol. The summed E-state index contributed by atoms with van der Waals surface area (Å²) >= 11 is 0. The summed E-state index contributed by atoms with van der Waals surface area (Å²) in [6.45, 7) is 7.84. The number of allylic oxidation sites excluding steroid dienone is 1. The molecule has 0 saturated heterocycles. The Balaban J connectivity index is 3.21. The molecule has 1 aromatic rings. The Kier molecular flexibility index (Phi) is 4.82. The van der Waals surface area contributed by atoms with Crippen molar-refractivity contribution >= 4 is 19.7 Å². The minimum atomic E-state index is -3.80. The molecule has 0 atom stereocenters. The fraction of sp³-hybridized carbons (Fsp3) is 0.385. The normalized spacial score (nSPS) is 11.2. The van der Waals surface area contributed by atoms with Crippen LogP contribution in [0, 0.1) is 13.8 Å². The van der Waals surface area contributed by atoms with E-state index in [2.05, 4.69) is 0 Å². The maximum Gasteiger partial charge on any atom is 0.265 e. The Morgan fingerprint density at radius 1 is 1.33 bits per heavy atom. The van der Waals surface area contributed by atoms with Crippen LogP contribution in [0.5, 0.6) is 5.75 Å². The molecule has 0 amide bonds. The fourth-order valence-corrected chi connectivity index (χ4v) is 2.68. The molecule has 0 aliphatic rings. The third kappa shape index (κ3) is 4.03. The van der Waals surface area contributed by atoms with E-state index in [1.807, 2.05) is 32.9 Å². The predicted molar refractivity (Wildman–Crippen MR) is 73.9 cm³/mol. The molecule has 0 unspecified atom stereocenters. The van der Waals surface area contributed by atoms with E-state index in [-0.39, 0.29) is 4.90 Å². The van der Waals surface area contributed by atoms with E-state index in [1.165, 1.54) is 6.07 Å². The van der Waals surface area contributed by atoms with Crippen molar-refractivity contribution < 1.29 is 13.2 Å². The van der Waals surface area contributed by atoms with E-state index in [0.29, 0.717) is 12.4 Å². The maximum atomic E-state index is 11.5. The van der Waals surface area contributed by atoms with Gasteiger partial charge in [-0.2, -0.15) is 0 Å². The van der Waals surface area contributed by atoms with Crippen LogP contribution < -0.4 is 4.74 Å². The number of hydrogen-bond donors (Lipinski definition) is 0. The summed E-state index contributed by atoms with van der Waals surface area (Å²) in [4.78, 5) is 0.0313. The number of rotatable bonds is 4. The van der Waals surface area contributed by atoms with Gasteiger partial charge in [-0.25, -0.2) is 8.42 Å². The van der Waals surface area contributed by atoms with Crippen LogP contribution in [0.15, 0.2) is 28.7 Å². The summed E-state index contributed by atoms with van der Waals surface area (Å²) in [5.74, 6) is 0.327. The first-order valence-corrected chi connectivity index (χ1v) is 7.85. The molecule has 0 aliphatic heterocycles. The minimum Gasteiger partial charge on any atom is -0.488 e. The lowest BCUT2D eigenvalue weighted by molar-refractivity contribution is 0.349. The molecule has 1 rings (SSSR count). The molecule has 1 aromatic carbocycles. The standard InChI is InChI=1S/C13H17ClO3S/c1-9(2)5-6-17-13-11(4)7-10(3)8-12(13)18(14,15)16/h5,7-8H,6H2,1-4H3. The molecule has 0 N–H and O–H groups in total. The lowest BCUT2D eigenvalue weighted by Gasteiger charge is -2.12. The number of ether oxygens (including phenoxy) is 1. The van der Waals surface area contributed by atoms with E-state index < -0.39 is 9.05 Å². The molecule has 0 aromatic heterocycles. The maximum absolute atomic E-state index is 11.5. The van der Waals surface area contributed by atoms with Gasteiger partial charge in [0, 0.05) is 10.7 Å². The van der Waals surface area contributed by atoms with Crippen molar-refractivity contribution in [2.75, 3.05) is 6.61 Å². The molecule has 0 saturated carbocycles. The SMILES string of the molecule is CC(C)=CCOc1c(C)cc(C)cc1S(=O)(=O)Cl. The Hall–Kier alpha value is -1.00. The van der Waals surface area contributed by atoms with Gasteiger partial charge in [0.2, 0.25) is 0 Å². The van der Waals surface area contributed by atoms with Crippen molar-refractivity contribution in [2.45, 2.75) is 32.6 Å². The molecule has 0 aliphatic carbocycles. The van der Waals surface area contributed by atoms with Crippen LogP contribution in [-0.4, -0.2) is 15.0 Å². The quantitative estimate of drug-likeness (QED) is 0.628. The van der Waals surface area contributed by atoms with Crippen LogP contribution in [0.25, 0.3) is 0 Å². The number of aryl methyl sites for hydroxylation is 2. The molecule has 3 nitrogen and oxygen atoms in total. The van der Waals surface area contributed by atoms with Crippen LogP contribution in [-0.2, 0) is 9.05 Å². The Labute approximate surface area is 113 Å². The van der Waals surface area contributed by atoms with Crippen molar-refractivity contribution in [3.63, 3.8) is 0 Å². The highest BCUT2D eigenvalue weighted by atomic mass is 35.7. The van der Waals surface area contributed by atoms with Crippen molar-refractivity contribution in [3.8, 4) is 5.75 Å². The first-order chi connectivity index (χ1) is 8.21. The average Bonchev–Trinajstić information content (AvgIpc) is 2.18. The molecule has 0 bridgehead atoms. The summed E-state index contributed by atoms with van der Waals surface area (Å²) in [5, 5.41) is 0. The number of halogens is 1. The van der Waals surface area contributed by atoms with Gasteiger partial charge in [-0.05, 0) is 51.0 Å². The van der Waals surface area contributed by atoms with Gasteiger partial charge in [-0.1, -0.05) is 11.6 Å². The van der Waals surface area contributed by atoms with Gasteiger partial charge >= 0.3 is 0 Å². The van der Waals surface area contributed by atoms with Gasteiger partial charge in [0.1, 0.15) is 17.3 Å². The second-order valence-corrected chi connectivity index (χ2v) is 6.97. The third-order valence-electron chi connectivity index (χ3n) is 2.37. The van der Waals surface area contributed by atoms with Crippen LogP contribution in [0.1, 0.15) is 25.0 Å². The molecule has 0 heterocycles. The molecule has 18 heavy (non-hydrogen) atoms. The minimum absolute atomic E-state index is 0.0313. The lowest BCUT2D eigenvalue weighted by atomic mass is 10.1. The van der Waals surface area contributed by atoms with Crippen LogP contribution in [0.3, 0.4) is 0 Å². The van der Waals surface area contributed by atoms with Crippen LogP contribution >= 0.6 is 10.7 Å². The van der Waals surface area contributed by atoms with Gasteiger partial charge in [0.05, 0.1) is 0 Å². The first kappa shape index (κ1) is 15.1. The van der Waals surface area contributed by atoms with Gasteiger partial charge in [0.25, 0.3) is 9.05 Å². The summed E-state index contributed by atoms with van der Waals surface area (Å²) < 4.78 is 28.6. The zero-order valence-electron chi connectivity index (χ0n) is 11.0. The Morgan fingerprint density at radius 2 is 1.94 bits per heavy atom. The molecule has 5 heteroatoms. The second kappa shape index (κ2) is 5.76. The summed E-state index contributed by atoms with van der Waals surface area (Å²) in [6.07, 6.45) is 1.88. The zero-order chi connectivity index (χ0) is 13.9. The van der Waals surface area contributed by atoms with Gasteiger partial charge in [-0.3, -0.25) is 0 Å². The van der Waals surface area contributed by atoms with Crippen LogP contribution in [0.4, 0.5) is 0 Å². The highest BCUT2D eigenvalue weighted by Gasteiger charge is 2.19. The van der Waals surface area contributed by atoms with Crippen molar-refractivity contribution in [3.05, 3.63) is 34.9 Å². The molecule has 0 spiro atoms. The fourth-order valence-electron chi connectivity index (χ4n) is 1.57. The monoisotopic (exact) mass is 288 g/mol. The topological polar surface area (TPSA) is 43.4 Å². The smallest absolute Gasteiger partial charge is 0.265 e. The van der Waals surface area contributed by atoms with E-state index in [0.717, 1.165) is 16.7 Å². The first-order valence-electron chi connectivity index (χ1n) is 5.54. The summed E-state index contributed by atoms with van der Waals surface area (Å²) in [5.41, 5.74) is 2.70. The largest absolute Gasteiger partial charge is 0.488 e.